The molecule has 0 radical (unpaired) electrons. The summed E-state index contributed by atoms with van der Waals surface area (Å²) in [6.45, 7) is 2.40. The Kier molecular flexibility index (Phi) is 4.18. The van der Waals surface area contributed by atoms with Crippen molar-refractivity contribution in [1.29, 1.82) is 0 Å². The molecular weight excluding hydrogens is 212 g/mol. The second-order valence-electron chi connectivity index (χ2n) is 4.63. The molecule has 1 aromatic rings. The van der Waals surface area contributed by atoms with Crippen molar-refractivity contribution in [2.24, 2.45) is 0 Å². The highest BCUT2D eigenvalue weighted by Gasteiger charge is 2.09. The van der Waals surface area contributed by atoms with Crippen LogP contribution in [0, 0.1) is 0 Å². The third-order valence-electron chi connectivity index (χ3n) is 3.36. The van der Waals surface area contributed by atoms with Crippen molar-refractivity contribution in [2.75, 3.05) is 6.61 Å². The van der Waals surface area contributed by atoms with Gasteiger partial charge in [0.25, 0.3) is 0 Å². The Bertz CT molecular complexity index is 396. The Morgan fingerprint density at radius 1 is 1.24 bits per heavy atom. The maximum absolute atomic E-state index is 11.2. The Labute approximate surface area is 103 Å². The second-order valence-corrected chi connectivity index (χ2v) is 4.63. The molecule has 0 fully saturated rings. The standard InChI is InChI=1S/C15H20O2/c1-2-14(16)9-10-17-15-8-7-12-5-3-4-6-13(12)11-15/h7-8,11H,2-6,9-10H2,1H3. The lowest BCUT2D eigenvalue weighted by atomic mass is 9.92. The number of fused-ring (bicyclic) bond motifs is 1. The van der Waals surface area contributed by atoms with Crippen LogP contribution in [-0.4, -0.2) is 12.4 Å². The summed E-state index contributed by atoms with van der Waals surface area (Å²) >= 11 is 0. The number of rotatable bonds is 5. The largest absolute Gasteiger partial charge is 0.493 e. The molecule has 0 unspecified atom stereocenters. The molecule has 1 aliphatic carbocycles. The first-order chi connectivity index (χ1) is 8.29. The summed E-state index contributed by atoms with van der Waals surface area (Å²) in [5.41, 5.74) is 2.89. The molecule has 2 nitrogen and oxygen atoms in total. The summed E-state index contributed by atoms with van der Waals surface area (Å²) in [4.78, 5) is 11.2. The van der Waals surface area contributed by atoms with E-state index in [4.69, 9.17) is 4.74 Å². The Morgan fingerprint density at radius 3 is 2.76 bits per heavy atom. The average molecular weight is 232 g/mol. The number of hydrogen-bond donors (Lipinski definition) is 0. The van der Waals surface area contributed by atoms with Gasteiger partial charge in [0.05, 0.1) is 6.61 Å². The van der Waals surface area contributed by atoms with Crippen LogP contribution in [0.15, 0.2) is 18.2 Å². The Balaban J connectivity index is 1.91. The number of ketones is 1. The predicted octanol–water partition coefficient (Wildman–Crippen LogP) is 3.31. The summed E-state index contributed by atoms with van der Waals surface area (Å²) in [5, 5.41) is 0. The van der Waals surface area contributed by atoms with Gasteiger partial charge in [0.1, 0.15) is 11.5 Å². The molecule has 0 atom stereocenters. The van der Waals surface area contributed by atoms with Gasteiger partial charge in [-0.1, -0.05) is 13.0 Å². The van der Waals surface area contributed by atoms with Gasteiger partial charge in [-0.15, -0.1) is 0 Å². The zero-order chi connectivity index (χ0) is 12.1. The fourth-order valence-electron chi connectivity index (χ4n) is 2.26. The zero-order valence-electron chi connectivity index (χ0n) is 10.5. The molecule has 0 saturated heterocycles. The fraction of sp³-hybridized carbons (Fsp3) is 0.533. The molecule has 2 rings (SSSR count). The quantitative estimate of drug-likeness (QED) is 0.778. The van der Waals surface area contributed by atoms with E-state index in [2.05, 4.69) is 12.1 Å². The van der Waals surface area contributed by atoms with E-state index in [9.17, 15) is 4.79 Å². The van der Waals surface area contributed by atoms with Gasteiger partial charge in [-0.25, -0.2) is 0 Å². The summed E-state index contributed by atoms with van der Waals surface area (Å²) in [6, 6.07) is 6.34. The topological polar surface area (TPSA) is 26.3 Å². The lowest BCUT2D eigenvalue weighted by molar-refractivity contribution is -0.119. The van der Waals surface area contributed by atoms with E-state index in [1.807, 2.05) is 13.0 Å². The van der Waals surface area contributed by atoms with Gasteiger partial charge < -0.3 is 4.74 Å². The van der Waals surface area contributed by atoms with Crippen LogP contribution < -0.4 is 4.74 Å². The number of aryl methyl sites for hydroxylation is 2. The minimum absolute atomic E-state index is 0.267. The number of carbonyl (C=O) groups is 1. The van der Waals surface area contributed by atoms with Gasteiger partial charge in [0, 0.05) is 12.8 Å². The van der Waals surface area contributed by atoms with E-state index in [1.54, 1.807) is 0 Å². The number of benzene rings is 1. The van der Waals surface area contributed by atoms with E-state index in [0.717, 1.165) is 5.75 Å². The molecule has 1 aromatic carbocycles. The molecule has 0 aliphatic heterocycles. The minimum Gasteiger partial charge on any atom is -0.493 e. The molecule has 0 bridgehead atoms. The lowest BCUT2D eigenvalue weighted by Gasteiger charge is -2.16. The third-order valence-corrected chi connectivity index (χ3v) is 3.36. The molecule has 0 aromatic heterocycles. The second kappa shape index (κ2) is 5.85. The smallest absolute Gasteiger partial charge is 0.136 e. The molecule has 2 heteroatoms. The van der Waals surface area contributed by atoms with Crippen molar-refractivity contribution >= 4 is 5.78 Å². The van der Waals surface area contributed by atoms with Gasteiger partial charge in [-0.3, -0.25) is 4.79 Å². The monoisotopic (exact) mass is 232 g/mol. The number of ether oxygens (including phenoxy) is 1. The van der Waals surface area contributed by atoms with Gasteiger partial charge in [-0.2, -0.15) is 0 Å². The highest BCUT2D eigenvalue weighted by atomic mass is 16.5. The minimum atomic E-state index is 0.267. The van der Waals surface area contributed by atoms with Gasteiger partial charge in [0.15, 0.2) is 0 Å². The molecule has 0 spiro atoms. The van der Waals surface area contributed by atoms with E-state index in [0.29, 0.717) is 19.4 Å². The van der Waals surface area contributed by atoms with Crippen molar-refractivity contribution in [3.8, 4) is 5.75 Å². The normalized spacial score (nSPS) is 14.2. The molecule has 0 heterocycles. The number of hydrogen-bond acceptors (Lipinski definition) is 2. The molecular formula is C15H20O2. The fourth-order valence-corrected chi connectivity index (χ4v) is 2.26. The highest BCUT2D eigenvalue weighted by Crippen LogP contribution is 2.25. The van der Waals surface area contributed by atoms with Crippen LogP contribution >= 0.6 is 0 Å². The van der Waals surface area contributed by atoms with Crippen molar-refractivity contribution in [3.63, 3.8) is 0 Å². The van der Waals surface area contributed by atoms with Gasteiger partial charge in [-0.05, 0) is 48.9 Å². The first kappa shape index (κ1) is 12.2. The first-order valence-electron chi connectivity index (χ1n) is 6.56. The SMILES string of the molecule is CCC(=O)CCOc1ccc2c(c1)CCCC2. The van der Waals surface area contributed by atoms with E-state index >= 15 is 0 Å². The Morgan fingerprint density at radius 2 is 2.00 bits per heavy atom. The highest BCUT2D eigenvalue weighted by molar-refractivity contribution is 5.78. The van der Waals surface area contributed by atoms with Crippen LogP contribution in [0.2, 0.25) is 0 Å². The molecule has 17 heavy (non-hydrogen) atoms. The van der Waals surface area contributed by atoms with Crippen LogP contribution in [0.5, 0.6) is 5.75 Å². The summed E-state index contributed by atoms with van der Waals surface area (Å²) in [6.07, 6.45) is 6.08. The van der Waals surface area contributed by atoms with Crippen LogP contribution in [0.1, 0.15) is 43.7 Å². The van der Waals surface area contributed by atoms with Crippen molar-refractivity contribution in [2.45, 2.75) is 45.4 Å². The van der Waals surface area contributed by atoms with Crippen LogP contribution in [-0.2, 0) is 17.6 Å². The van der Waals surface area contributed by atoms with Crippen molar-refractivity contribution < 1.29 is 9.53 Å². The van der Waals surface area contributed by atoms with Crippen LogP contribution in [0.4, 0.5) is 0 Å². The van der Waals surface area contributed by atoms with E-state index in [-0.39, 0.29) is 5.78 Å². The summed E-state index contributed by atoms with van der Waals surface area (Å²) in [5.74, 6) is 1.18. The summed E-state index contributed by atoms with van der Waals surface area (Å²) in [7, 11) is 0. The third kappa shape index (κ3) is 3.32. The van der Waals surface area contributed by atoms with Gasteiger partial charge in [0.2, 0.25) is 0 Å². The zero-order valence-corrected chi connectivity index (χ0v) is 10.5. The molecule has 92 valence electrons. The van der Waals surface area contributed by atoms with E-state index < -0.39 is 0 Å². The molecule has 0 saturated carbocycles. The molecule has 0 amide bonds. The maximum Gasteiger partial charge on any atom is 0.136 e. The predicted molar refractivity (Wildman–Crippen MR) is 68.5 cm³/mol. The first-order valence-corrected chi connectivity index (χ1v) is 6.56. The maximum atomic E-state index is 11.2. The van der Waals surface area contributed by atoms with Crippen molar-refractivity contribution in [3.05, 3.63) is 29.3 Å². The Hall–Kier alpha value is -1.31. The van der Waals surface area contributed by atoms with Gasteiger partial charge >= 0.3 is 0 Å². The number of Topliss-reactive ketones (excluding diaryl/α,β-unsaturated/α-hetero) is 1. The average Bonchev–Trinajstić information content (AvgIpc) is 2.38. The van der Waals surface area contributed by atoms with Crippen LogP contribution in [0.25, 0.3) is 0 Å². The number of carbonyl (C=O) groups excluding carboxylic acids is 1. The lowest BCUT2D eigenvalue weighted by Crippen LogP contribution is -2.06. The molecule has 1 aliphatic rings. The molecule has 0 N–H and O–H groups in total. The van der Waals surface area contributed by atoms with E-state index in [1.165, 1.54) is 36.8 Å². The van der Waals surface area contributed by atoms with Crippen molar-refractivity contribution in [1.82, 2.24) is 0 Å². The van der Waals surface area contributed by atoms with Crippen LogP contribution in [0.3, 0.4) is 0 Å². The summed E-state index contributed by atoms with van der Waals surface area (Å²) < 4.78 is 5.62.